The molecule has 1 aromatic rings. The zero-order valence-electron chi connectivity index (χ0n) is 18.6. The van der Waals surface area contributed by atoms with Crippen LogP contribution in [-0.4, -0.2) is 23.0 Å². The van der Waals surface area contributed by atoms with Gasteiger partial charge in [-0.2, -0.15) is 0 Å². The number of nitrogens with zero attached hydrogens (tertiary/aromatic N) is 1. The molecule has 29 heavy (non-hydrogen) atoms. The number of amides is 1. The smallest absolute Gasteiger partial charge is 0.326 e. The van der Waals surface area contributed by atoms with Crippen molar-refractivity contribution in [2.75, 3.05) is 4.90 Å². The summed E-state index contributed by atoms with van der Waals surface area (Å²) in [5, 5.41) is 9.35. The number of hydrogen-bond donors (Lipinski definition) is 1. The maximum absolute atomic E-state index is 12.7. The van der Waals surface area contributed by atoms with Crippen molar-refractivity contribution in [1.82, 2.24) is 0 Å². The van der Waals surface area contributed by atoms with Crippen LogP contribution in [0.5, 0.6) is 0 Å². The summed E-state index contributed by atoms with van der Waals surface area (Å²) in [6.07, 6.45) is 16.8. The molecule has 4 nitrogen and oxygen atoms in total. The minimum Gasteiger partial charge on any atom is -0.480 e. The minimum atomic E-state index is -0.979. The van der Waals surface area contributed by atoms with Crippen molar-refractivity contribution in [2.45, 2.75) is 110 Å². The predicted molar refractivity (Wildman–Crippen MR) is 121 cm³/mol. The van der Waals surface area contributed by atoms with Gasteiger partial charge in [0, 0.05) is 12.1 Å². The van der Waals surface area contributed by atoms with E-state index in [4.69, 9.17) is 0 Å². The van der Waals surface area contributed by atoms with Gasteiger partial charge in [0.25, 0.3) is 0 Å². The Bertz CT molecular complexity index is 558. The lowest BCUT2D eigenvalue weighted by Gasteiger charge is -2.26. The van der Waals surface area contributed by atoms with Crippen LogP contribution in [0.2, 0.25) is 0 Å². The van der Waals surface area contributed by atoms with Gasteiger partial charge in [-0.25, -0.2) is 4.79 Å². The van der Waals surface area contributed by atoms with Crippen molar-refractivity contribution in [3.63, 3.8) is 0 Å². The van der Waals surface area contributed by atoms with Crippen LogP contribution in [0.1, 0.15) is 104 Å². The summed E-state index contributed by atoms with van der Waals surface area (Å²) in [6.45, 7) is 3.82. The Morgan fingerprint density at radius 2 is 1.24 bits per heavy atom. The number of carbonyl (C=O) groups is 2. The van der Waals surface area contributed by atoms with Gasteiger partial charge in [0.15, 0.2) is 0 Å². The lowest BCUT2D eigenvalue weighted by Crippen LogP contribution is -2.43. The second-order valence-electron chi connectivity index (χ2n) is 8.11. The molecular formula is C25H41NO3. The van der Waals surface area contributed by atoms with Crippen LogP contribution in [-0.2, 0) is 9.59 Å². The quantitative estimate of drug-likeness (QED) is 0.286. The number of anilines is 1. The molecule has 0 bridgehead atoms. The van der Waals surface area contributed by atoms with E-state index in [1.807, 2.05) is 18.2 Å². The SMILES string of the molecule is CCCCCCCCCCCCCCCC(=O)N(c1ccccc1)[C@@H](C)C(=O)O. The van der Waals surface area contributed by atoms with Crippen LogP contribution in [0.15, 0.2) is 30.3 Å². The van der Waals surface area contributed by atoms with E-state index in [9.17, 15) is 14.7 Å². The van der Waals surface area contributed by atoms with Gasteiger partial charge in [0.05, 0.1) is 0 Å². The third-order valence-electron chi connectivity index (χ3n) is 5.54. The Kier molecular flexibility index (Phi) is 13.9. The van der Waals surface area contributed by atoms with Gasteiger partial charge < -0.3 is 5.11 Å². The third kappa shape index (κ3) is 11.1. The number of benzene rings is 1. The molecule has 0 aliphatic heterocycles. The van der Waals surface area contributed by atoms with E-state index in [0.717, 1.165) is 19.3 Å². The van der Waals surface area contributed by atoms with Crippen LogP contribution in [0.25, 0.3) is 0 Å². The van der Waals surface area contributed by atoms with Crippen LogP contribution >= 0.6 is 0 Å². The fourth-order valence-electron chi connectivity index (χ4n) is 3.70. The average molecular weight is 404 g/mol. The monoisotopic (exact) mass is 403 g/mol. The van der Waals surface area contributed by atoms with Gasteiger partial charge in [0.1, 0.15) is 6.04 Å². The summed E-state index contributed by atoms with van der Waals surface area (Å²) in [5.41, 5.74) is 0.655. The molecule has 0 saturated heterocycles. The third-order valence-corrected chi connectivity index (χ3v) is 5.54. The van der Waals surface area contributed by atoms with Crippen molar-refractivity contribution in [1.29, 1.82) is 0 Å². The minimum absolute atomic E-state index is 0.103. The second kappa shape index (κ2) is 16.0. The normalized spacial score (nSPS) is 11.9. The average Bonchev–Trinajstić information content (AvgIpc) is 2.72. The molecule has 0 spiro atoms. The molecule has 1 atom stereocenters. The number of aliphatic carboxylic acids is 1. The summed E-state index contributed by atoms with van der Waals surface area (Å²) >= 11 is 0. The molecule has 1 N–H and O–H groups in total. The number of carboxylic acid groups (broad SMARTS) is 1. The van der Waals surface area contributed by atoms with Gasteiger partial charge in [-0.1, -0.05) is 102 Å². The van der Waals surface area contributed by atoms with Gasteiger partial charge in [0.2, 0.25) is 5.91 Å². The van der Waals surface area contributed by atoms with E-state index in [-0.39, 0.29) is 5.91 Å². The summed E-state index contributed by atoms with van der Waals surface area (Å²) in [6, 6.07) is 8.25. The maximum atomic E-state index is 12.7. The first-order valence-electron chi connectivity index (χ1n) is 11.7. The lowest BCUT2D eigenvalue weighted by atomic mass is 10.0. The molecule has 0 aromatic heterocycles. The largest absolute Gasteiger partial charge is 0.480 e. The van der Waals surface area contributed by atoms with Crippen molar-refractivity contribution in [3.8, 4) is 0 Å². The number of para-hydroxylation sites is 1. The van der Waals surface area contributed by atoms with E-state index in [1.54, 1.807) is 19.1 Å². The van der Waals surface area contributed by atoms with E-state index in [2.05, 4.69) is 6.92 Å². The highest BCUT2D eigenvalue weighted by molar-refractivity contribution is 5.98. The summed E-state index contributed by atoms with van der Waals surface area (Å²) in [7, 11) is 0. The van der Waals surface area contributed by atoms with Crippen molar-refractivity contribution in [2.24, 2.45) is 0 Å². The highest BCUT2D eigenvalue weighted by atomic mass is 16.4. The van der Waals surface area contributed by atoms with E-state index >= 15 is 0 Å². The zero-order valence-corrected chi connectivity index (χ0v) is 18.6. The first-order chi connectivity index (χ1) is 14.1. The van der Waals surface area contributed by atoms with E-state index < -0.39 is 12.0 Å². The molecule has 1 amide bonds. The first kappa shape index (κ1) is 25.2. The number of carbonyl (C=O) groups excluding carboxylic acids is 1. The van der Waals surface area contributed by atoms with E-state index in [0.29, 0.717) is 12.1 Å². The Balaban J connectivity index is 2.16. The predicted octanol–water partition coefficient (Wildman–Crippen LogP) is 6.97. The Morgan fingerprint density at radius 1 is 0.793 bits per heavy atom. The molecule has 0 aliphatic carbocycles. The molecule has 4 heteroatoms. The first-order valence-corrected chi connectivity index (χ1v) is 11.7. The fraction of sp³-hybridized carbons (Fsp3) is 0.680. The van der Waals surface area contributed by atoms with Crippen LogP contribution in [0.4, 0.5) is 5.69 Å². The molecule has 0 aliphatic rings. The number of hydrogen-bond acceptors (Lipinski definition) is 2. The van der Waals surface area contributed by atoms with Crippen molar-refractivity contribution >= 4 is 17.6 Å². The summed E-state index contributed by atoms with van der Waals surface area (Å²) in [5.74, 6) is -1.08. The van der Waals surface area contributed by atoms with Gasteiger partial charge in [-0.05, 0) is 25.5 Å². The second-order valence-corrected chi connectivity index (χ2v) is 8.11. The molecular weight excluding hydrogens is 362 g/mol. The molecule has 0 fully saturated rings. The highest BCUT2D eigenvalue weighted by Crippen LogP contribution is 2.20. The van der Waals surface area contributed by atoms with Crippen molar-refractivity contribution < 1.29 is 14.7 Å². The molecule has 164 valence electrons. The fourth-order valence-corrected chi connectivity index (χ4v) is 3.70. The Labute approximate surface area is 177 Å². The van der Waals surface area contributed by atoms with Gasteiger partial charge in [-0.3, -0.25) is 9.69 Å². The van der Waals surface area contributed by atoms with E-state index in [1.165, 1.54) is 69.1 Å². The van der Waals surface area contributed by atoms with Crippen molar-refractivity contribution in [3.05, 3.63) is 30.3 Å². The molecule has 1 rings (SSSR count). The molecule has 1 aromatic carbocycles. The number of rotatable bonds is 17. The van der Waals surface area contributed by atoms with Crippen LogP contribution in [0.3, 0.4) is 0 Å². The topological polar surface area (TPSA) is 57.6 Å². The molecule has 0 saturated carbocycles. The summed E-state index contributed by atoms with van der Waals surface area (Å²) in [4.78, 5) is 25.5. The maximum Gasteiger partial charge on any atom is 0.326 e. The van der Waals surface area contributed by atoms with Crippen LogP contribution in [0, 0.1) is 0 Å². The lowest BCUT2D eigenvalue weighted by molar-refractivity contribution is -0.139. The summed E-state index contributed by atoms with van der Waals surface area (Å²) < 4.78 is 0. The molecule has 0 heterocycles. The zero-order chi connectivity index (χ0) is 21.3. The number of unbranched alkanes of at least 4 members (excludes halogenated alkanes) is 12. The highest BCUT2D eigenvalue weighted by Gasteiger charge is 2.26. The van der Waals surface area contributed by atoms with Gasteiger partial charge >= 0.3 is 5.97 Å². The number of carboxylic acids is 1. The molecule has 0 radical (unpaired) electrons. The van der Waals surface area contributed by atoms with Crippen LogP contribution < -0.4 is 4.90 Å². The standard InChI is InChI=1S/C25H41NO3/c1-3-4-5-6-7-8-9-10-11-12-13-14-18-21-24(27)26(22(2)25(28)29)23-19-16-15-17-20-23/h15-17,19-20,22H,3-14,18,21H2,1-2H3,(H,28,29)/t22-/m0/s1. The molecule has 0 unspecified atom stereocenters. The Hall–Kier alpha value is -1.84. The van der Waals surface area contributed by atoms with Gasteiger partial charge in [-0.15, -0.1) is 0 Å². The Morgan fingerprint density at radius 3 is 1.69 bits per heavy atom.